The van der Waals surface area contributed by atoms with Crippen molar-refractivity contribution in [1.29, 1.82) is 0 Å². The highest BCUT2D eigenvalue weighted by Gasteiger charge is 2.33. The molecule has 6 nitrogen and oxygen atoms in total. The highest BCUT2D eigenvalue weighted by atomic mass is 32.2. The van der Waals surface area contributed by atoms with Crippen molar-refractivity contribution in [2.24, 2.45) is 5.41 Å². The summed E-state index contributed by atoms with van der Waals surface area (Å²) in [4.78, 5) is 11.9. The van der Waals surface area contributed by atoms with E-state index < -0.39 is 15.6 Å². The lowest BCUT2D eigenvalue weighted by molar-refractivity contribution is 0.381. The standard InChI is InChI=1S/C22H30N2O4S/c1-16(8-6-9-17(2)14-18-15-24-28-21(18)25)11-12-19-20(29(26,27)23-5)10-7-13-22(19,3)4/h6,8-9,11-12,14-15,23-24H,7,10,13H2,1-5H3/b9-6+,12-11+,16-8+,17-14+. The Bertz CT molecular complexity index is 1040. The Kier molecular flexibility index (Phi) is 7.43. The zero-order valence-corrected chi connectivity index (χ0v) is 18.5. The molecule has 1 aromatic rings. The lowest BCUT2D eigenvalue weighted by Crippen LogP contribution is -2.28. The van der Waals surface area contributed by atoms with Gasteiger partial charge < -0.3 is 4.52 Å². The molecule has 158 valence electrons. The van der Waals surface area contributed by atoms with Gasteiger partial charge in [0.15, 0.2) is 0 Å². The van der Waals surface area contributed by atoms with Gasteiger partial charge in [0.25, 0.3) is 0 Å². The molecule has 0 aliphatic heterocycles. The minimum Gasteiger partial charge on any atom is -0.338 e. The van der Waals surface area contributed by atoms with Crippen molar-refractivity contribution in [1.82, 2.24) is 9.88 Å². The number of rotatable bonds is 7. The third-order valence-electron chi connectivity index (χ3n) is 5.04. The van der Waals surface area contributed by atoms with E-state index in [1.165, 1.54) is 13.2 Å². The third-order valence-corrected chi connectivity index (χ3v) is 6.65. The maximum Gasteiger partial charge on any atom is 0.364 e. The first-order chi connectivity index (χ1) is 13.6. The van der Waals surface area contributed by atoms with Crippen molar-refractivity contribution in [3.8, 4) is 0 Å². The zero-order valence-electron chi connectivity index (χ0n) is 17.7. The van der Waals surface area contributed by atoms with E-state index in [1.807, 2.05) is 44.2 Å². The fourth-order valence-corrected chi connectivity index (χ4v) is 4.63. The third kappa shape index (κ3) is 6.05. The molecular formula is C22H30N2O4S. The molecule has 1 heterocycles. The van der Waals surface area contributed by atoms with Crippen molar-refractivity contribution in [3.63, 3.8) is 0 Å². The molecule has 2 N–H and O–H groups in total. The average Bonchev–Trinajstić information content (AvgIpc) is 3.04. The quantitative estimate of drug-likeness (QED) is 0.640. The molecule has 0 atom stereocenters. The van der Waals surface area contributed by atoms with Crippen LogP contribution in [0.2, 0.25) is 0 Å². The van der Waals surface area contributed by atoms with Gasteiger partial charge in [0.05, 0.1) is 16.7 Å². The molecule has 0 saturated carbocycles. The van der Waals surface area contributed by atoms with Gasteiger partial charge in [0.1, 0.15) is 0 Å². The van der Waals surface area contributed by atoms with Crippen LogP contribution >= 0.6 is 0 Å². The Hall–Kier alpha value is -2.38. The number of sulfonamides is 1. The molecule has 2 rings (SSSR count). The maximum absolute atomic E-state index is 12.4. The lowest BCUT2D eigenvalue weighted by Gasteiger charge is -2.33. The Labute approximate surface area is 172 Å². The van der Waals surface area contributed by atoms with E-state index in [0.29, 0.717) is 16.9 Å². The summed E-state index contributed by atoms with van der Waals surface area (Å²) >= 11 is 0. The molecule has 1 aliphatic rings. The fraction of sp³-hybridized carbons (Fsp3) is 0.409. The minimum atomic E-state index is -3.44. The smallest absolute Gasteiger partial charge is 0.338 e. The highest BCUT2D eigenvalue weighted by molar-refractivity contribution is 7.93. The van der Waals surface area contributed by atoms with Crippen LogP contribution in [0.5, 0.6) is 0 Å². The summed E-state index contributed by atoms with van der Waals surface area (Å²) in [6, 6.07) is 0. The van der Waals surface area contributed by atoms with Crippen LogP contribution in [0.4, 0.5) is 0 Å². The van der Waals surface area contributed by atoms with Gasteiger partial charge in [0.2, 0.25) is 10.0 Å². The van der Waals surface area contributed by atoms with Crippen molar-refractivity contribution >= 4 is 16.1 Å². The van der Waals surface area contributed by atoms with Crippen LogP contribution in [0.15, 0.2) is 67.5 Å². The summed E-state index contributed by atoms with van der Waals surface area (Å²) in [5.74, 6) is 0. The molecule has 7 heteroatoms. The first-order valence-corrected chi connectivity index (χ1v) is 11.1. The summed E-state index contributed by atoms with van der Waals surface area (Å²) in [5, 5.41) is 2.42. The van der Waals surface area contributed by atoms with Crippen LogP contribution in [0, 0.1) is 5.41 Å². The second-order valence-corrected chi connectivity index (χ2v) is 9.79. The van der Waals surface area contributed by atoms with E-state index in [9.17, 15) is 13.2 Å². The normalized spacial score (nSPS) is 18.9. The molecule has 0 amide bonds. The van der Waals surface area contributed by atoms with E-state index in [4.69, 9.17) is 0 Å². The predicted octanol–water partition coefficient (Wildman–Crippen LogP) is 4.44. The van der Waals surface area contributed by atoms with Gasteiger partial charge in [0, 0.05) is 0 Å². The van der Waals surface area contributed by atoms with Crippen LogP contribution in [0.1, 0.15) is 52.5 Å². The molecule has 0 saturated heterocycles. The van der Waals surface area contributed by atoms with Crippen molar-refractivity contribution in [2.45, 2.75) is 47.0 Å². The van der Waals surface area contributed by atoms with Gasteiger partial charge in [-0.15, -0.1) is 0 Å². The summed E-state index contributed by atoms with van der Waals surface area (Å²) in [7, 11) is -1.99. The molecular weight excluding hydrogens is 388 g/mol. The van der Waals surface area contributed by atoms with Crippen LogP contribution < -0.4 is 10.3 Å². The van der Waals surface area contributed by atoms with Gasteiger partial charge in [-0.2, -0.15) is 0 Å². The van der Waals surface area contributed by atoms with Gasteiger partial charge in [-0.1, -0.05) is 55.4 Å². The number of allylic oxidation sites excluding steroid dienone is 9. The molecule has 0 radical (unpaired) electrons. The average molecular weight is 419 g/mol. The molecule has 0 aromatic carbocycles. The van der Waals surface area contributed by atoms with E-state index in [-0.39, 0.29) is 5.41 Å². The molecule has 0 fully saturated rings. The molecule has 0 bridgehead atoms. The van der Waals surface area contributed by atoms with E-state index in [0.717, 1.165) is 29.6 Å². The Morgan fingerprint density at radius 3 is 2.59 bits per heavy atom. The Balaban J connectivity index is 2.23. The number of hydrogen-bond donors (Lipinski definition) is 2. The SMILES string of the molecule is CNS(=O)(=O)C1=C(/C=C/C(C)=C/C=C/C(C)=C/c2c[nH]oc2=O)C(C)(C)CCC1. The molecule has 0 unspecified atom stereocenters. The largest absolute Gasteiger partial charge is 0.364 e. The number of nitrogens with one attached hydrogen (secondary N) is 2. The second kappa shape index (κ2) is 9.41. The van der Waals surface area contributed by atoms with Crippen LogP contribution in [-0.2, 0) is 10.0 Å². The maximum atomic E-state index is 12.4. The molecule has 1 aliphatic carbocycles. The summed E-state index contributed by atoms with van der Waals surface area (Å²) in [6.07, 6.45) is 15.2. The van der Waals surface area contributed by atoms with Crippen molar-refractivity contribution < 1.29 is 12.9 Å². The number of H-pyrrole nitrogens is 1. The number of hydrogen-bond acceptors (Lipinski definition) is 4. The van der Waals surface area contributed by atoms with Gasteiger partial charge in [-0.25, -0.2) is 23.1 Å². The van der Waals surface area contributed by atoms with Crippen LogP contribution in [0.3, 0.4) is 0 Å². The van der Waals surface area contributed by atoms with Gasteiger partial charge in [-0.3, -0.25) is 0 Å². The van der Waals surface area contributed by atoms with Crippen molar-refractivity contribution in [3.05, 3.63) is 74.2 Å². The number of aromatic nitrogens is 1. The zero-order chi connectivity index (χ0) is 21.7. The van der Waals surface area contributed by atoms with E-state index in [1.54, 1.807) is 6.08 Å². The Morgan fingerprint density at radius 1 is 1.24 bits per heavy atom. The van der Waals surface area contributed by atoms with Gasteiger partial charge in [-0.05, 0) is 57.2 Å². The number of aromatic amines is 1. The summed E-state index contributed by atoms with van der Waals surface area (Å²) < 4.78 is 32.0. The molecule has 0 spiro atoms. The first-order valence-electron chi connectivity index (χ1n) is 9.62. The predicted molar refractivity (Wildman–Crippen MR) is 118 cm³/mol. The highest BCUT2D eigenvalue weighted by Crippen LogP contribution is 2.42. The van der Waals surface area contributed by atoms with E-state index in [2.05, 4.69) is 28.2 Å². The van der Waals surface area contributed by atoms with Crippen LogP contribution in [0.25, 0.3) is 6.08 Å². The van der Waals surface area contributed by atoms with Crippen LogP contribution in [-0.4, -0.2) is 20.6 Å². The monoisotopic (exact) mass is 418 g/mol. The first kappa shape index (κ1) is 22.9. The topological polar surface area (TPSA) is 92.2 Å². The summed E-state index contributed by atoms with van der Waals surface area (Å²) in [6.45, 7) is 8.03. The fourth-order valence-electron chi connectivity index (χ4n) is 3.34. The van der Waals surface area contributed by atoms with Gasteiger partial charge >= 0.3 is 5.63 Å². The lowest BCUT2D eigenvalue weighted by atomic mass is 9.75. The molecule has 29 heavy (non-hydrogen) atoms. The Morgan fingerprint density at radius 2 is 1.97 bits per heavy atom. The van der Waals surface area contributed by atoms with E-state index >= 15 is 0 Å². The second-order valence-electron chi connectivity index (χ2n) is 7.88. The molecule has 1 aromatic heterocycles. The minimum absolute atomic E-state index is 0.193. The summed E-state index contributed by atoms with van der Waals surface area (Å²) in [5.41, 5.74) is 2.64. The van der Waals surface area contributed by atoms with Crippen molar-refractivity contribution in [2.75, 3.05) is 7.05 Å².